The largest absolute Gasteiger partial charge is 0.454 e. The number of hydrogen-bond acceptors (Lipinski definition) is 5. The molecule has 122 valence electrons. The fourth-order valence-corrected chi connectivity index (χ4v) is 2.34. The van der Waals surface area contributed by atoms with Gasteiger partial charge in [0.2, 0.25) is 6.79 Å². The minimum absolute atomic E-state index is 0.182. The van der Waals surface area contributed by atoms with Crippen LogP contribution in [-0.2, 0) is 9.59 Å². The van der Waals surface area contributed by atoms with Crippen LogP contribution < -0.4 is 20.2 Å². The highest BCUT2D eigenvalue weighted by molar-refractivity contribution is 9.10. The lowest BCUT2D eigenvalue weighted by Gasteiger charge is -2.05. The second kappa shape index (κ2) is 7.14. The number of para-hydroxylation sites is 1. The summed E-state index contributed by atoms with van der Waals surface area (Å²) in [6, 6.07) is 12.2. The molecule has 1 heterocycles. The Hall–Kier alpha value is -2.87. The molecule has 1 aliphatic rings. The van der Waals surface area contributed by atoms with E-state index in [1.54, 1.807) is 42.5 Å². The Morgan fingerprint density at radius 3 is 2.71 bits per heavy atom. The molecule has 0 saturated heterocycles. The second-order valence-electron chi connectivity index (χ2n) is 4.75. The van der Waals surface area contributed by atoms with Crippen molar-refractivity contribution in [2.24, 2.45) is 5.10 Å². The van der Waals surface area contributed by atoms with Crippen LogP contribution in [-0.4, -0.2) is 24.8 Å². The minimum atomic E-state index is -0.872. The number of fused-ring (bicyclic) bond motifs is 1. The van der Waals surface area contributed by atoms with Gasteiger partial charge in [-0.15, -0.1) is 0 Å². The van der Waals surface area contributed by atoms with Crippen LogP contribution in [0.3, 0.4) is 0 Å². The van der Waals surface area contributed by atoms with Crippen LogP contribution >= 0.6 is 15.9 Å². The number of benzene rings is 2. The zero-order chi connectivity index (χ0) is 16.9. The Morgan fingerprint density at radius 2 is 1.88 bits per heavy atom. The Kier molecular flexibility index (Phi) is 4.76. The van der Waals surface area contributed by atoms with Gasteiger partial charge in [0.1, 0.15) is 0 Å². The number of carbonyl (C=O) groups is 2. The van der Waals surface area contributed by atoms with Crippen LogP contribution in [0, 0.1) is 0 Å². The number of anilines is 1. The van der Waals surface area contributed by atoms with Crippen molar-refractivity contribution >= 4 is 39.6 Å². The van der Waals surface area contributed by atoms with Crippen LogP contribution in [0.2, 0.25) is 0 Å². The number of nitrogens with one attached hydrogen (secondary N) is 2. The number of carbonyl (C=O) groups excluding carboxylic acids is 2. The third kappa shape index (κ3) is 3.72. The first-order valence-corrected chi connectivity index (χ1v) is 7.71. The zero-order valence-corrected chi connectivity index (χ0v) is 13.9. The normalized spacial score (nSPS) is 12.2. The molecule has 7 nitrogen and oxygen atoms in total. The molecule has 2 aromatic rings. The van der Waals surface area contributed by atoms with E-state index in [4.69, 9.17) is 9.47 Å². The summed E-state index contributed by atoms with van der Waals surface area (Å²) in [5.41, 5.74) is 3.37. The third-order valence-corrected chi connectivity index (χ3v) is 3.80. The zero-order valence-electron chi connectivity index (χ0n) is 12.3. The lowest BCUT2D eigenvalue weighted by atomic mass is 10.2. The van der Waals surface area contributed by atoms with Crippen LogP contribution in [0.4, 0.5) is 5.69 Å². The van der Waals surface area contributed by atoms with Gasteiger partial charge in [-0.25, -0.2) is 5.43 Å². The van der Waals surface area contributed by atoms with Gasteiger partial charge in [0.25, 0.3) is 0 Å². The predicted molar refractivity (Wildman–Crippen MR) is 91.1 cm³/mol. The Bertz CT molecular complexity index is 823. The van der Waals surface area contributed by atoms with Crippen LogP contribution in [0.15, 0.2) is 52.0 Å². The van der Waals surface area contributed by atoms with E-state index in [9.17, 15) is 9.59 Å². The predicted octanol–water partition coefficient (Wildman–Crippen LogP) is 2.27. The molecule has 0 saturated carbocycles. The maximum atomic E-state index is 11.8. The van der Waals surface area contributed by atoms with Crippen LogP contribution in [0.5, 0.6) is 11.5 Å². The molecule has 0 atom stereocenters. The van der Waals surface area contributed by atoms with E-state index in [1.807, 2.05) is 0 Å². The molecule has 0 spiro atoms. The van der Waals surface area contributed by atoms with Gasteiger partial charge in [0.05, 0.1) is 11.9 Å². The molecule has 2 amide bonds. The quantitative estimate of drug-likeness (QED) is 0.478. The van der Waals surface area contributed by atoms with Crippen LogP contribution in [0.25, 0.3) is 0 Å². The number of hydrogen-bond donors (Lipinski definition) is 2. The number of rotatable bonds is 3. The standard InChI is InChI=1S/C16H12BrN3O4/c17-11-3-1-2-4-12(11)19-15(21)16(22)20-18-8-10-5-6-13-14(7-10)24-9-23-13/h1-8H,9H2,(H,19,21)(H,20,22)/b18-8-. The third-order valence-electron chi connectivity index (χ3n) is 3.10. The Morgan fingerprint density at radius 1 is 1.08 bits per heavy atom. The minimum Gasteiger partial charge on any atom is -0.454 e. The topological polar surface area (TPSA) is 89.0 Å². The number of halogens is 1. The molecule has 0 radical (unpaired) electrons. The average molecular weight is 390 g/mol. The van der Waals surface area contributed by atoms with Crippen molar-refractivity contribution in [3.8, 4) is 11.5 Å². The number of nitrogens with zero attached hydrogens (tertiary/aromatic N) is 1. The molecule has 0 fully saturated rings. The molecule has 3 rings (SSSR count). The molecule has 8 heteroatoms. The highest BCUT2D eigenvalue weighted by atomic mass is 79.9. The first-order valence-electron chi connectivity index (χ1n) is 6.92. The van der Waals surface area contributed by atoms with E-state index in [1.165, 1.54) is 6.21 Å². The summed E-state index contributed by atoms with van der Waals surface area (Å²) in [6.45, 7) is 0.182. The van der Waals surface area contributed by atoms with Crippen molar-refractivity contribution < 1.29 is 19.1 Å². The fourth-order valence-electron chi connectivity index (χ4n) is 1.95. The van der Waals surface area contributed by atoms with E-state index >= 15 is 0 Å². The van der Waals surface area contributed by atoms with E-state index in [-0.39, 0.29) is 6.79 Å². The highest BCUT2D eigenvalue weighted by Gasteiger charge is 2.14. The highest BCUT2D eigenvalue weighted by Crippen LogP contribution is 2.31. The SMILES string of the molecule is O=C(N/N=C\c1ccc2c(c1)OCO2)C(=O)Nc1ccccc1Br. The molecule has 0 unspecified atom stereocenters. The summed E-state index contributed by atoms with van der Waals surface area (Å²) < 4.78 is 11.1. The molecule has 0 aromatic heterocycles. The molecular weight excluding hydrogens is 378 g/mol. The molecule has 24 heavy (non-hydrogen) atoms. The van der Waals surface area contributed by atoms with Crippen molar-refractivity contribution in [1.82, 2.24) is 5.43 Å². The van der Waals surface area contributed by atoms with E-state index in [0.29, 0.717) is 27.2 Å². The van der Waals surface area contributed by atoms with Gasteiger partial charge in [-0.05, 0) is 51.8 Å². The van der Waals surface area contributed by atoms with Gasteiger partial charge in [-0.1, -0.05) is 12.1 Å². The van der Waals surface area contributed by atoms with Crippen molar-refractivity contribution in [1.29, 1.82) is 0 Å². The average Bonchev–Trinajstić information content (AvgIpc) is 3.04. The van der Waals surface area contributed by atoms with E-state index < -0.39 is 11.8 Å². The first kappa shape index (κ1) is 16.0. The Balaban J connectivity index is 1.57. The van der Waals surface area contributed by atoms with Gasteiger partial charge >= 0.3 is 11.8 Å². The molecule has 0 bridgehead atoms. The summed E-state index contributed by atoms with van der Waals surface area (Å²) in [6.07, 6.45) is 1.41. The number of hydrazone groups is 1. The maximum absolute atomic E-state index is 11.8. The maximum Gasteiger partial charge on any atom is 0.329 e. The monoisotopic (exact) mass is 389 g/mol. The first-order chi connectivity index (χ1) is 11.6. The van der Waals surface area contributed by atoms with E-state index in [2.05, 4.69) is 31.8 Å². The smallest absolute Gasteiger partial charge is 0.329 e. The summed E-state index contributed by atoms with van der Waals surface area (Å²) in [5, 5.41) is 6.24. The lowest BCUT2D eigenvalue weighted by molar-refractivity contribution is -0.136. The molecular formula is C16H12BrN3O4. The van der Waals surface area contributed by atoms with Crippen molar-refractivity contribution in [3.63, 3.8) is 0 Å². The molecule has 1 aliphatic heterocycles. The Labute approximate surface area is 145 Å². The molecule has 2 N–H and O–H groups in total. The fraction of sp³-hybridized carbons (Fsp3) is 0.0625. The van der Waals surface area contributed by atoms with Gasteiger partial charge in [0.15, 0.2) is 11.5 Å². The van der Waals surface area contributed by atoms with E-state index in [0.717, 1.165) is 0 Å². The summed E-state index contributed by atoms with van der Waals surface area (Å²) in [7, 11) is 0. The number of ether oxygens (including phenoxy) is 2. The van der Waals surface area contributed by atoms with Gasteiger partial charge in [-0.2, -0.15) is 5.10 Å². The lowest BCUT2D eigenvalue weighted by Crippen LogP contribution is -2.32. The summed E-state index contributed by atoms with van der Waals surface area (Å²) in [4.78, 5) is 23.5. The summed E-state index contributed by atoms with van der Waals surface area (Å²) >= 11 is 3.28. The van der Waals surface area contributed by atoms with Gasteiger partial charge < -0.3 is 14.8 Å². The van der Waals surface area contributed by atoms with Crippen LogP contribution in [0.1, 0.15) is 5.56 Å². The van der Waals surface area contributed by atoms with Crippen molar-refractivity contribution in [2.75, 3.05) is 12.1 Å². The van der Waals surface area contributed by atoms with Gasteiger partial charge in [-0.3, -0.25) is 9.59 Å². The molecule has 2 aromatic carbocycles. The van der Waals surface area contributed by atoms with Gasteiger partial charge in [0, 0.05) is 4.47 Å². The van der Waals surface area contributed by atoms with Crippen molar-refractivity contribution in [3.05, 3.63) is 52.5 Å². The summed E-state index contributed by atoms with van der Waals surface area (Å²) in [5.74, 6) is -0.423. The van der Waals surface area contributed by atoms with Crippen molar-refractivity contribution in [2.45, 2.75) is 0 Å². The second-order valence-corrected chi connectivity index (χ2v) is 5.60. The molecule has 0 aliphatic carbocycles. The number of amides is 2.